The molecule has 160 valence electrons. The lowest BCUT2D eigenvalue weighted by molar-refractivity contribution is -0.384. The van der Waals surface area contributed by atoms with Crippen molar-refractivity contribution in [2.75, 3.05) is 5.32 Å². The van der Waals surface area contributed by atoms with Crippen LogP contribution in [0.5, 0.6) is 0 Å². The Balaban J connectivity index is 1.92. The first-order valence-electron chi connectivity index (χ1n) is 9.61. The van der Waals surface area contributed by atoms with Crippen LogP contribution in [0.1, 0.15) is 33.0 Å². The number of rotatable bonds is 2. The van der Waals surface area contributed by atoms with E-state index in [4.69, 9.17) is 11.6 Å². The zero-order chi connectivity index (χ0) is 22.9. The van der Waals surface area contributed by atoms with E-state index in [0.717, 1.165) is 4.57 Å². The quantitative estimate of drug-likeness (QED) is 0.474. The highest BCUT2D eigenvalue weighted by Gasteiger charge is 2.43. The molecule has 1 aliphatic carbocycles. The largest absolute Gasteiger partial charge is 0.340 e. The smallest absolute Gasteiger partial charge is 0.332 e. The van der Waals surface area contributed by atoms with Crippen molar-refractivity contribution >= 4 is 34.6 Å². The van der Waals surface area contributed by atoms with E-state index in [2.05, 4.69) is 5.32 Å². The van der Waals surface area contributed by atoms with Crippen molar-refractivity contribution in [2.45, 2.75) is 5.92 Å². The number of non-ortho nitro benzene ring substituents is 1. The van der Waals surface area contributed by atoms with Crippen molar-refractivity contribution in [1.29, 1.82) is 0 Å². The number of nitro benzene ring substituents is 1. The molecule has 1 aromatic heterocycles. The number of carbonyl (C=O) groups is 1. The summed E-state index contributed by atoms with van der Waals surface area (Å²) >= 11 is 6.46. The maximum Gasteiger partial charge on any atom is 0.332 e. The summed E-state index contributed by atoms with van der Waals surface area (Å²) < 4.78 is 2.22. The lowest BCUT2D eigenvalue weighted by Crippen LogP contribution is -2.42. The molecule has 9 nitrogen and oxygen atoms in total. The van der Waals surface area contributed by atoms with Gasteiger partial charge in [-0.25, -0.2) is 4.79 Å². The molecule has 0 fully saturated rings. The van der Waals surface area contributed by atoms with Gasteiger partial charge in [-0.3, -0.25) is 28.8 Å². The minimum absolute atomic E-state index is 0.122. The van der Waals surface area contributed by atoms with E-state index in [1.165, 1.54) is 36.9 Å². The molecule has 0 radical (unpaired) electrons. The number of ketones is 1. The van der Waals surface area contributed by atoms with E-state index < -0.39 is 22.1 Å². The second-order valence-electron chi connectivity index (χ2n) is 7.65. The summed E-state index contributed by atoms with van der Waals surface area (Å²) in [6.07, 6.45) is 0. The summed E-state index contributed by atoms with van der Waals surface area (Å²) in [5.74, 6) is -1.09. The topological polar surface area (TPSA) is 116 Å². The number of benzene rings is 2. The van der Waals surface area contributed by atoms with Crippen LogP contribution in [0.25, 0.3) is 5.70 Å². The molecule has 0 unspecified atom stereocenters. The Kier molecular flexibility index (Phi) is 4.22. The van der Waals surface area contributed by atoms with Gasteiger partial charge in [0.15, 0.2) is 5.78 Å². The van der Waals surface area contributed by atoms with Gasteiger partial charge in [0.05, 0.1) is 22.1 Å². The maximum atomic E-state index is 13.5. The number of aromatic nitrogens is 2. The van der Waals surface area contributed by atoms with Gasteiger partial charge in [0.1, 0.15) is 5.82 Å². The number of nitro groups is 1. The summed E-state index contributed by atoms with van der Waals surface area (Å²) in [5, 5.41) is 14.7. The van der Waals surface area contributed by atoms with E-state index >= 15 is 0 Å². The molecule has 1 aliphatic heterocycles. The molecule has 32 heavy (non-hydrogen) atoms. The average molecular weight is 451 g/mol. The van der Waals surface area contributed by atoms with Crippen LogP contribution in [-0.2, 0) is 14.1 Å². The summed E-state index contributed by atoms with van der Waals surface area (Å²) in [4.78, 5) is 50.2. The molecule has 2 aliphatic rings. The molecule has 0 saturated carbocycles. The van der Waals surface area contributed by atoms with Gasteiger partial charge >= 0.3 is 5.69 Å². The normalized spacial score (nSPS) is 16.3. The number of carbonyl (C=O) groups excluding carboxylic acids is 1. The second kappa shape index (κ2) is 6.76. The molecule has 1 atom stereocenters. The SMILES string of the molecule is Cn1c2c(c(=O)n(C)c1=O)[C@H](c1cc([N+](=O)[O-])ccc1Cl)C1=C(N2)c2ccccc2C1=O. The van der Waals surface area contributed by atoms with Crippen LogP contribution in [0, 0.1) is 10.1 Å². The lowest BCUT2D eigenvalue weighted by Gasteiger charge is -2.30. The number of halogens is 1. The highest BCUT2D eigenvalue weighted by atomic mass is 35.5. The van der Waals surface area contributed by atoms with Gasteiger partial charge in [0, 0.05) is 48.0 Å². The number of hydrogen-bond donors (Lipinski definition) is 1. The number of nitrogens with one attached hydrogen (secondary N) is 1. The predicted octanol–water partition coefficient (Wildman–Crippen LogP) is 2.81. The molecule has 0 bridgehead atoms. The molecular formula is C22H15ClN4O5. The molecule has 0 saturated heterocycles. The van der Waals surface area contributed by atoms with E-state index in [9.17, 15) is 24.5 Å². The summed E-state index contributed by atoms with van der Waals surface area (Å²) in [6.45, 7) is 0. The Morgan fingerprint density at radius 1 is 1.03 bits per heavy atom. The number of fused-ring (bicyclic) bond motifs is 3. The van der Waals surface area contributed by atoms with Crippen LogP contribution < -0.4 is 16.6 Å². The number of nitrogens with zero attached hydrogens (tertiary/aromatic N) is 3. The van der Waals surface area contributed by atoms with Gasteiger partial charge in [0.2, 0.25) is 0 Å². The van der Waals surface area contributed by atoms with Crippen LogP contribution in [-0.4, -0.2) is 19.8 Å². The van der Waals surface area contributed by atoms with E-state index in [1.807, 2.05) is 0 Å². The Hall–Kier alpha value is -3.98. The minimum atomic E-state index is -1.00. The average Bonchev–Trinajstić information content (AvgIpc) is 3.07. The van der Waals surface area contributed by atoms with Gasteiger partial charge in [-0.2, -0.15) is 0 Å². The van der Waals surface area contributed by atoms with Gasteiger partial charge in [-0.05, 0) is 11.6 Å². The number of allylic oxidation sites excluding steroid dienone is 1. The first kappa shape index (κ1) is 20.0. The van der Waals surface area contributed by atoms with Crippen molar-refractivity contribution in [3.05, 3.63) is 106 Å². The van der Waals surface area contributed by atoms with Crippen LogP contribution >= 0.6 is 11.6 Å². The minimum Gasteiger partial charge on any atom is -0.340 e. The van der Waals surface area contributed by atoms with Crippen molar-refractivity contribution in [3.8, 4) is 0 Å². The van der Waals surface area contributed by atoms with Crippen molar-refractivity contribution in [3.63, 3.8) is 0 Å². The monoisotopic (exact) mass is 450 g/mol. The second-order valence-corrected chi connectivity index (χ2v) is 8.06. The third-order valence-electron chi connectivity index (χ3n) is 5.98. The van der Waals surface area contributed by atoms with Gasteiger partial charge in [-0.1, -0.05) is 35.9 Å². The molecule has 10 heteroatoms. The zero-order valence-corrected chi connectivity index (χ0v) is 17.6. The zero-order valence-electron chi connectivity index (χ0n) is 16.9. The molecule has 2 heterocycles. The van der Waals surface area contributed by atoms with Crippen molar-refractivity contribution in [2.24, 2.45) is 14.1 Å². The fraction of sp³-hybridized carbons (Fsp3) is 0.136. The van der Waals surface area contributed by atoms with Crippen LogP contribution in [0.4, 0.5) is 11.5 Å². The Labute approximate surface area is 185 Å². The van der Waals surface area contributed by atoms with Crippen molar-refractivity contribution in [1.82, 2.24) is 9.13 Å². The van der Waals surface area contributed by atoms with E-state index in [0.29, 0.717) is 16.8 Å². The fourth-order valence-electron chi connectivity index (χ4n) is 4.43. The number of hydrogen-bond acceptors (Lipinski definition) is 6. The molecule has 2 aromatic carbocycles. The third kappa shape index (κ3) is 2.54. The Morgan fingerprint density at radius 2 is 1.72 bits per heavy atom. The summed E-state index contributed by atoms with van der Waals surface area (Å²) in [6, 6.07) is 10.8. The highest BCUT2D eigenvalue weighted by molar-refractivity contribution is 6.32. The molecule has 1 N–H and O–H groups in total. The number of Topliss-reactive ketones (excluding diaryl/α,β-unsaturated/α-hetero) is 1. The molecule has 0 amide bonds. The van der Waals surface area contributed by atoms with E-state index in [-0.39, 0.29) is 39.0 Å². The van der Waals surface area contributed by atoms with Crippen LogP contribution in [0.2, 0.25) is 5.02 Å². The van der Waals surface area contributed by atoms with Crippen LogP contribution in [0.3, 0.4) is 0 Å². The van der Waals surface area contributed by atoms with Gasteiger partial charge in [0.25, 0.3) is 11.2 Å². The third-order valence-corrected chi connectivity index (χ3v) is 6.32. The summed E-state index contributed by atoms with van der Waals surface area (Å²) in [5.41, 5.74) is 0.751. The molecule has 5 rings (SSSR count). The number of anilines is 1. The predicted molar refractivity (Wildman–Crippen MR) is 118 cm³/mol. The first-order valence-corrected chi connectivity index (χ1v) is 9.99. The highest BCUT2D eigenvalue weighted by Crippen LogP contribution is 2.49. The van der Waals surface area contributed by atoms with Gasteiger partial charge in [-0.15, -0.1) is 0 Å². The Bertz CT molecular complexity index is 1530. The van der Waals surface area contributed by atoms with Crippen LogP contribution in [0.15, 0.2) is 57.6 Å². The molecule has 3 aromatic rings. The van der Waals surface area contributed by atoms with E-state index in [1.54, 1.807) is 24.3 Å². The molecular weight excluding hydrogens is 436 g/mol. The lowest BCUT2D eigenvalue weighted by atomic mass is 9.81. The first-order chi connectivity index (χ1) is 15.2. The fourth-order valence-corrected chi connectivity index (χ4v) is 4.66. The van der Waals surface area contributed by atoms with Gasteiger partial charge < -0.3 is 5.32 Å². The van der Waals surface area contributed by atoms with Crippen molar-refractivity contribution < 1.29 is 9.72 Å². The Morgan fingerprint density at radius 3 is 2.41 bits per heavy atom. The summed E-state index contributed by atoms with van der Waals surface area (Å²) in [7, 11) is 2.85. The molecule has 0 spiro atoms. The standard InChI is InChI=1S/C22H15ClN4O5/c1-25-20-17(21(29)26(2)22(25)30)15(13-9-10(27(31)32)7-8-14(13)23)16-18(24-20)11-5-3-4-6-12(11)19(16)28/h3-9,15,24H,1-2H3/t15-/m1/s1. The maximum absolute atomic E-state index is 13.5.